The van der Waals surface area contributed by atoms with Crippen molar-refractivity contribution in [1.29, 1.82) is 0 Å². The summed E-state index contributed by atoms with van der Waals surface area (Å²) < 4.78 is 51.8. The number of rotatable bonds is 8. The van der Waals surface area contributed by atoms with Crippen molar-refractivity contribution in [3.63, 3.8) is 0 Å². The number of oxime groups is 1. The molecule has 0 aromatic rings. The average Bonchev–Trinajstić information content (AvgIpc) is 2.51. The van der Waals surface area contributed by atoms with Crippen molar-refractivity contribution >= 4 is 38.0 Å². The van der Waals surface area contributed by atoms with E-state index in [4.69, 9.17) is 9.84 Å². The van der Waals surface area contributed by atoms with Crippen LogP contribution in [0.3, 0.4) is 0 Å². The SMILES string of the molecule is CS(=O)CCCC(=NOS(=O)(=O)[O-])SC1OC(CO)C(O)C(O)C1O.[K+]. The third-order valence-electron chi connectivity index (χ3n) is 3.15. The molecule has 0 aliphatic carbocycles. The standard InChI is InChI=1S/C11H21NO10S3.K/c1-24(17)4-2-3-7(12-22-25(18,19)20)23-11-10(16)9(15)8(14)6(5-13)21-11;/h6,8-11,13-16H,2-5H2,1H3,(H,18,19,20);/q;+1/p-1. The molecule has 1 aliphatic rings. The Morgan fingerprint density at radius 1 is 1.31 bits per heavy atom. The van der Waals surface area contributed by atoms with Gasteiger partial charge in [0.2, 0.25) is 0 Å². The number of aliphatic hydroxyl groups excluding tert-OH is 4. The van der Waals surface area contributed by atoms with Gasteiger partial charge in [-0.1, -0.05) is 16.9 Å². The van der Waals surface area contributed by atoms with Crippen molar-refractivity contribution in [2.75, 3.05) is 18.6 Å². The molecule has 0 amide bonds. The van der Waals surface area contributed by atoms with E-state index in [2.05, 4.69) is 9.44 Å². The Balaban J connectivity index is 0.00000625. The van der Waals surface area contributed by atoms with E-state index in [9.17, 15) is 32.5 Å². The molecule has 15 heteroatoms. The van der Waals surface area contributed by atoms with Gasteiger partial charge in [0.25, 0.3) is 10.4 Å². The smallest absolute Gasteiger partial charge is 0.714 e. The number of thioether (sulfide) groups is 1. The minimum absolute atomic E-state index is 0. The van der Waals surface area contributed by atoms with Crippen LogP contribution in [0.1, 0.15) is 12.8 Å². The van der Waals surface area contributed by atoms with Gasteiger partial charge in [0, 0.05) is 29.2 Å². The number of hydrogen-bond donors (Lipinski definition) is 4. The van der Waals surface area contributed by atoms with Crippen molar-refractivity contribution < 1.29 is 98.0 Å². The second-order valence-electron chi connectivity index (χ2n) is 5.16. The third kappa shape index (κ3) is 9.68. The summed E-state index contributed by atoms with van der Waals surface area (Å²) in [6, 6.07) is 0. The Labute approximate surface area is 200 Å². The molecule has 0 aromatic heterocycles. The van der Waals surface area contributed by atoms with Gasteiger partial charge in [-0.2, -0.15) is 8.42 Å². The zero-order chi connectivity index (χ0) is 19.2. The zero-order valence-electron chi connectivity index (χ0n) is 14.1. The van der Waals surface area contributed by atoms with Crippen molar-refractivity contribution in [3.05, 3.63) is 0 Å². The monoisotopic (exact) mass is 461 g/mol. The summed E-state index contributed by atoms with van der Waals surface area (Å²) in [5.74, 6) is 0.276. The molecule has 11 nitrogen and oxygen atoms in total. The van der Waals surface area contributed by atoms with Crippen molar-refractivity contribution in [3.8, 4) is 0 Å². The number of ether oxygens (including phenoxy) is 1. The Morgan fingerprint density at radius 2 is 1.92 bits per heavy atom. The molecule has 1 fully saturated rings. The molecular weight excluding hydrogens is 441 g/mol. The average molecular weight is 462 g/mol. The van der Waals surface area contributed by atoms with Crippen LogP contribution in [-0.2, 0) is 30.2 Å². The molecule has 0 aromatic carbocycles. The molecule has 6 unspecified atom stereocenters. The molecule has 1 aliphatic heterocycles. The molecule has 6 atom stereocenters. The van der Waals surface area contributed by atoms with Crippen LogP contribution in [0.4, 0.5) is 0 Å². The Hall–Kier alpha value is 1.32. The molecule has 26 heavy (non-hydrogen) atoms. The predicted molar refractivity (Wildman–Crippen MR) is 87.7 cm³/mol. The number of hydrogen-bond acceptors (Lipinski definition) is 12. The summed E-state index contributed by atoms with van der Waals surface area (Å²) in [6.45, 7) is -0.630. The quantitative estimate of drug-likeness (QED) is 0.0674. The first-order chi connectivity index (χ1) is 11.5. The molecule has 0 spiro atoms. The summed E-state index contributed by atoms with van der Waals surface area (Å²) in [7, 11) is -6.20. The van der Waals surface area contributed by atoms with E-state index < -0.39 is 57.7 Å². The van der Waals surface area contributed by atoms with Crippen LogP contribution >= 0.6 is 11.8 Å². The van der Waals surface area contributed by atoms with Crippen LogP contribution in [0, 0.1) is 0 Å². The van der Waals surface area contributed by atoms with E-state index in [1.165, 1.54) is 6.26 Å². The summed E-state index contributed by atoms with van der Waals surface area (Å²) in [4.78, 5) is 0. The van der Waals surface area contributed by atoms with E-state index >= 15 is 0 Å². The van der Waals surface area contributed by atoms with Gasteiger partial charge < -0.3 is 29.7 Å². The Kier molecular flexibility index (Phi) is 13.4. The third-order valence-corrected chi connectivity index (χ3v) is 5.45. The Morgan fingerprint density at radius 3 is 2.42 bits per heavy atom. The fraction of sp³-hybridized carbons (Fsp3) is 0.909. The van der Waals surface area contributed by atoms with Crippen LogP contribution in [0.25, 0.3) is 0 Å². The molecule has 1 rings (SSSR count). The first-order valence-corrected chi connectivity index (χ1v) is 11.0. The zero-order valence-corrected chi connectivity index (χ0v) is 19.7. The van der Waals surface area contributed by atoms with Crippen LogP contribution in [0.15, 0.2) is 5.16 Å². The fourth-order valence-electron chi connectivity index (χ4n) is 1.94. The minimum atomic E-state index is -5.09. The molecule has 1 saturated heterocycles. The van der Waals surface area contributed by atoms with E-state index in [0.717, 1.165) is 0 Å². The normalized spacial score (nSPS) is 31.2. The predicted octanol–water partition coefficient (Wildman–Crippen LogP) is -5.53. The maximum atomic E-state index is 11.1. The second kappa shape index (κ2) is 12.8. The maximum Gasteiger partial charge on any atom is 1.00 e. The van der Waals surface area contributed by atoms with Crippen molar-refractivity contribution in [2.45, 2.75) is 42.7 Å². The van der Waals surface area contributed by atoms with Gasteiger partial charge in [0.1, 0.15) is 34.9 Å². The summed E-state index contributed by atoms with van der Waals surface area (Å²) in [5.41, 5.74) is -1.21. The molecule has 1 heterocycles. The van der Waals surface area contributed by atoms with Gasteiger partial charge in [-0.15, -0.1) is 0 Å². The Bertz CT molecular complexity index is 587. The van der Waals surface area contributed by atoms with Gasteiger partial charge in [0.15, 0.2) is 0 Å². The van der Waals surface area contributed by atoms with Crippen LogP contribution in [-0.4, -0.2) is 91.1 Å². The fourth-order valence-corrected chi connectivity index (χ4v) is 3.83. The molecule has 0 radical (unpaired) electrons. The topological polar surface area (TPSA) is 186 Å². The summed E-state index contributed by atoms with van der Waals surface area (Å²) in [6.07, 6.45) is -4.03. The van der Waals surface area contributed by atoms with Gasteiger partial charge >= 0.3 is 51.4 Å². The first-order valence-electron chi connectivity index (χ1n) is 7.03. The second-order valence-corrected chi connectivity index (χ2v) is 8.86. The molecule has 0 bridgehead atoms. The van der Waals surface area contributed by atoms with Crippen molar-refractivity contribution in [1.82, 2.24) is 0 Å². The largest absolute Gasteiger partial charge is 1.00 e. The van der Waals surface area contributed by atoms with Crippen molar-refractivity contribution in [2.24, 2.45) is 5.16 Å². The molecule has 0 saturated carbocycles. The van der Waals surface area contributed by atoms with Crippen LogP contribution in [0.2, 0.25) is 0 Å². The molecular formula is C11H20KNO10S3. The van der Waals surface area contributed by atoms with Gasteiger partial charge in [0.05, 0.1) is 6.61 Å². The van der Waals surface area contributed by atoms with Gasteiger partial charge in [-0.3, -0.25) is 8.49 Å². The van der Waals surface area contributed by atoms with E-state index in [-0.39, 0.29) is 68.6 Å². The summed E-state index contributed by atoms with van der Waals surface area (Å²) in [5, 5.41) is 41.7. The molecule has 148 valence electrons. The minimum Gasteiger partial charge on any atom is -0.714 e. The van der Waals surface area contributed by atoms with Gasteiger partial charge in [-0.05, 0) is 6.42 Å². The summed E-state index contributed by atoms with van der Waals surface area (Å²) >= 11 is 0.659. The first kappa shape index (κ1) is 27.3. The van der Waals surface area contributed by atoms with Crippen LogP contribution in [0.5, 0.6) is 0 Å². The van der Waals surface area contributed by atoms with E-state index in [1.807, 2.05) is 0 Å². The van der Waals surface area contributed by atoms with Crippen LogP contribution < -0.4 is 51.4 Å². The molecule has 4 N–H and O–H groups in total. The van der Waals surface area contributed by atoms with Gasteiger partial charge in [-0.25, -0.2) is 0 Å². The van der Waals surface area contributed by atoms with E-state index in [1.54, 1.807) is 0 Å². The number of aliphatic hydroxyl groups is 4. The number of nitrogens with zero attached hydrogens (tertiary/aromatic N) is 1. The maximum absolute atomic E-state index is 11.1. The van der Waals surface area contributed by atoms with E-state index in [0.29, 0.717) is 18.2 Å².